The van der Waals surface area contributed by atoms with Gasteiger partial charge in [-0.3, -0.25) is 19.4 Å². The summed E-state index contributed by atoms with van der Waals surface area (Å²) in [6.45, 7) is 2.32. The fourth-order valence-electron chi connectivity index (χ4n) is 5.08. The molecule has 3 aromatic rings. The Morgan fingerprint density at radius 1 is 0.756 bits per heavy atom. The van der Waals surface area contributed by atoms with Crippen LogP contribution < -0.4 is 16.0 Å². The minimum atomic E-state index is -1.47. The summed E-state index contributed by atoms with van der Waals surface area (Å²) in [5.41, 5.74) is 1.57. The lowest BCUT2D eigenvalue weighted by atomic mass is 9.92. The molecule has 242 valence electrons. The highest BCUT2D eigenvalue weighted by Crippen LogP contribution is 2.16. The number of methoxy groups -OCH3 is 1. The van der Waals surface area contributed by atoms with Crippen LogP contribution in [0.25, 0.3) is 0 Å². The third-order valence-electron chi connectivity index (χ3n) is 7.68. The number of pyridine rings is 1. The molecule has 2 aromatic carbocycles. The molecule has 0 spiro atoms. The van der Waals surface area contributed by atoms with Crippen molar-refractivity contribution in [2.24, 2.45) is 0 Å². The van der Waals surface area contributed by atoms with Crippen molar-refractivity contribution in [2.45, 2.75) is 82.2 Å². The van der Waals surface area contributed by atoms with E-state index in [-0.39, 0.29) is 19.4 Å². The van der Waals surface area contributed by atoms with Gasteiger partial charge in [0.15, 0.2) is 0 Å². The number of hydrogen-bond donors (Lipinski definition) is 5. The first-order valence-electron chi connectivity index (χ1n) is 15.6. The van der Waals surface area contributed by atoms with Gasteiger partial charge in [-0.25, -0.2) is 0 Å². The van der Waals surface area contributed by atoms with Gasteiger partial charge in [0.2, 0.25) is 5.91 Å². The van der Waals surface area contributed by atoms with Crippen molar-refractivity contribution in [1.82, 2.24) is 20.9 Å². The molecule has 3 rings (SSSR count). The molecule has 5 atom stereocenters. The van der Waals surface area contributed by atoms with Crippen LogP contribution in [0, 0.1) is 0 Å². The minimum absolute atomic E-state index is 0.202. The number of aliphatic hydroxyl groups excluding tert-OH is 2. The van der Waals surface area contributed by atoms with Gasteiger partial charge in [0, 0.05) is 31.7 Å². The van der Waals surface area contributed by atoms with Crippen LogP contribution in [-0.4, -0.2) is 77.0 Å². The predicted octanol–water partition coefficient (Wildman–Crippen LogP) is 3.43. The van der Waals surface area contributed by atoms with Gasteiger partial charge in [0.25, 0.3) is 11.8 Å². The minimum Gasteiger partial charge on any atom is -0.388 e. The topological polar surface area (TPSA) is 150 Å². The molecule has 0 saturated heterocycles. The Bertz CT molecular complexity index is 1300. The lowest BCUT2D eigenvalue weighted by molar-refractivity contribution is -0.125. The zero-order valence-corrected chi connectivity index (χ0v) is 26.1. The van der Waals surface area contributed by atoms with Crippen molar-refractivity contribution in [3.05, 3.63) is 102 Å². The van der Waals surface area contributed by atoms with Crippen molar-refractivity contribution in [2.75, 3.05) is 13.7 Å². The molecule has 0 aliphatic heterocycles. The summed E-state index contributed by atoms with van der Waals surface area (Å²) in [5.74, 6) is -1.31. The maximum absolute atomic E-state index is 13.8. The Balaban J connectivity index is 1.83. The SMILES string of the molecule is CCCCCC[C@@H](NC(=O)c1cccnc1)C(=O)N[C@@H](Cc1ccccc1)[C@@H](O)[C@H](O)[C@@H](CCOC)NC(=O)c1ccccc1. The largest absolute Gasteiger partial charge is 0.388 e. The molecule has 0 unspecified atom stereocenters. The highest BCUT2D eigenvalue weighted by Gasteiger charge is 2.35. The van der Waals surface area contributed by atoms with E-state index in [9.17, 15) is 24.6 Å². The Morgan fingerprint density at radius 2 is 1.40 bits per heavy atom. The van der Waals surface area contributed by atoms with Crippen LogP contribution in [0.3, 0.4) is 0 Å². The third kappa shape index (κ3) is 11.7. The van der Waals surface area contributed by atoms with Gasteiger partial charge < -0.3 is 30.9 Å². The second-order valence-electron chi connectivity index (χ2n) is 11.1. The Hall–Kier alpha value is -4.12. The number of aromatic nitrogens is 1. The standard InChI is InChI=1S/C35H46N4O6/c1-3-4-5-12-19-29(38-34(43)27-18-13-21-36-24-27)35(44)39-30(23-25-14-8-6-9-15-25)32(41)31(40)28(20-22-45-2)37-33(42)26-16-10-7-11-17-26/h6-11,13-18,21,24,28-32,40-41H,3-5,12,19-20,22-23H2,1-2H3,(H,37,42)(H,38,43)(H,39,44)/t28-,29-,30+,31-,32-/m1/s1. The van der Waals surface area contributed by atoms with Crippen molar-refractivity contribution < 1.29 is 29.3 Å². The van der Waals surface area contributed by atoms with Gasteiger partial charge in [0.05, 0.1) is 17.6 Å². The van der Waals surface area contributed by atoms with E-state index >= 15 is 0 Å². The van der Waals surface area contributed by atoms with Crippen LogP contribution >= 0.6 is 0 Å². The van der Waals surface area contributed by atoms with Gasteiger partial charge in [0.1, 0.15) is 18.2 Å². The van der Waals surface area contributed by atoms with Crippen molar-refractivity contribution in [3.8, 4) is 0 Å². The van der Waals surface area contributed by atoms with Crippen molar-refractivity contribution in [1.29, 1.82) is 0 Å². The zero-order chi connectivity index (χ0) is 32.4. The molecule has 5 N–H and O–H groups in total. The van der Waals surface area contributed by atoms with Crippen molar-refractivity contribution in [3.63, 3.8) is 0 Å². The van der Waals surface area contributed by atoms with Crippen LogP contribution in [0.2, 0.25) is 0 Å². The molecule has 3 amide bonds. The van der Waals surface area contributed by atoms with Gasteiger partial charge >= 0.3 is 0 Å². The van der Waals surface area contributed by atoms with Crippen LogP contribution in [0.5, 0.6) is 0 Å². The van der Waals surface area contributed by atoms with Gasteiger partial charge in [-0.15, -0.1) is 0 Å². The molecule has 45 heavy (non-hydrogen) atoms. The number of ether oxygens (including phenoxy) is 1. The number of nitrogens with zero attached hydrogens (tertiary/aromatic N) is 1. The molecule has 0 fully saturated rings. The van der Waals surface area contributed by atoms with E-state index in [4.69, 9.17) is 4.74 Å². The van der Waals surface area contributed by atoms with Crippen LogP contribution in [0.1, 0.15) is 71.7 Å². The molecule has 1 aromatic heterocycles. The van der Waals surface area contributed by atoms with E-state index in [1.807, 2.05) is 30.3 Å². The maximum Gasteiger partial charge on any atom is 0.253 e. The average Bonchev–Trinajstić information content (AvgIpc) is 3.08. The quantitative estimate of drug-likeness (QED) is 0.129. The van der Waals surface area contributed by atoms with Crippen molar-refractivity contribution >= 4 is 17.7 Å². The molecule has 0 radical (unpaired) electrons. The molecular formula is C35H46N4O6. The van der Waals surface area contributed by atoms with E-state index in [1.54, 1.807) is 48.7 Å². The van der Waals surface area contributed by atoms with Gasteiger partial charge in [-0.1, -0.05) is 81.1 Å². The van der Waals surface area contributed by atoms with Gasteiger partial charge in [-0.05, 0) is 49.1 Å². The number of benzene rings is 2. The van der Waals surface area contributed by atoms with Crippen LogP contribution in [-0.2, 0) is 16.0 Å². The molecule has 0 aliphatic carbocycles. The number of rotatable bonds is 19. The lowest BCUT2D eigenvalue weighted by Gasteiger charge is -2.33. The molecule has 10 heteroatoms. The zero-order valence-electron chi connectivity index (χ0n) is 26.1. The fourth-order valence-corrected chi connectivity index (χ4v) is 5.08. The molecular weight excluding hydrogens is 572 g/mol. The summed E-state index contributed by atoms with van der Waals surface area (Å²) in [4.78, 5) is 43.8. The predicted molar refractivity (Wildman–Crippen MR) is 173 cm³/mol. The number of unbranched alkanes of at least 4 members (excludes halogenated alkanes) is 3. The Labute approximate surface area is 265 Å². The summed E-state index contributed by atoms with van der Waals surface area (Å²) in [6.07, 6.45) is 4.55. The lowest BCUT2D eigenvalue weighted by Crippen LogP contribution is -2.59. The molecule has 0 saturated carbocycles. The number of aliphatic hydroxyl groups is 2. The highest BCUT2D eigenvalue weighted by atomic mass is 16.5. The number of amides is 3. The molecule has 0 bridgehead atoms. The first kappa shape index (κ1) is 35.4. The summed E-state index contributed by atoms with van der Waals surface area (Å²) < 4.78 is 5.21. The third-order valence-corrected chi connectivity index (χ3v) is 7.68. The maximum atomic E-state index is 13.8. The van der Waals surface area contributed by atoms with E-state index in [2.05, 4.69) is 27.9 Å². The van der Waals surface area contributed by atoms with E-state index in [1.165, 1.54) is 13.3 Å². The number of nitrogens with one attached hydrogen (secondary N) is 3. The van der Waals surface area contributed by atoms with E-state index in [0.717, 1.165) is 31.2 Å². The van der Waals surface area contributed by atoms with Crippen LogP contribution in [0.4, 0.5) is 0 Å². The highest BCUT2D eigenvalue weighted by molar-refractivity contribution is 5.97. The number of carbonyl (C=O) groups excluding carboxylic acids is 3. The Morgan fingerprint density at radius 3 is 2.04 bits per heavy atom. The second kappa shape index (κ2) is 19.3. The van der Waals surface area contributed by atoms with E-state index < -0.39 is 48.1 Å². The second-order valence-corrected chi connectivity index (χ2v) is 11.1. The van der Waals surface area contributed by atoms with E-state index in [0.29, 0.717) is 17.5 Å². The summed E-state index contributed by atoms with van der Waals surface area (Å²) >= 11 is 0. The number of carbonyl (C=O) groups is 3. The molecule has 10 nitrogen and oxygen atoms in total. The summed E-state index contributed by atoms with van der Waals surface area (Å²) in [6, 6.07) is 18.5. The molecule has 0 aliphatic rings. The monoisotopic (exact) mass is 618 g/mol. The van der Waals surface area contributed by atoms with Gasteiger partial charge in [-0.2, -0.15) is 0 Å². The van der Waals surface area contributed by atoms with Crippen LogP contribution in [0.15, 0.2) is 85.2 Å². The fraction of sp³-hybridized carbons (Fsp3) is 0.429. The Kier molecular flexibility index (Phi) is 15.2. The first-order chi connectivity index (χ1) is 21.8. The first-order valence-corrected chi connectivity index (χ1v) is 15.6. The smallest absolute Gasteiger partial charge is 0.253 e. The molecule has 1 heterocycles. The normalized spacial score (nSPS) is 14.4. The summed E-state index contributed by atoms with van der Waals surface area (Å²) in [7, 11) is 1.51. The number of hydrogen-bond acceptors (Lipinski definition) is 7. The average molecular weight is 619 g/mol. The summed E-state index contributed by atoms with van der Waals surface area (Å²) in [5, 5.41) is 31.6.